The van der Waals surface area contributed by atoms with Crippen LogP contribution in [0, 0.1) is 0 Å². The van der Waals surface area contributed by atoms with Gasteiger partial charge in [-0.25, -0.2) is 4.79 Å². The van der Waals surface area contributed by atoms with Crippen LogP contribution in [0.5, 0.6) is 0 Å². The van der Waals surface area contributed by atoms with E-state index < -0.39 is 0 Å². The van der Waals surface area contributed by atoms with Gasteiger partial charge in [-0.3, -0.25) is 10.1 Å². The maximum Gasteiger partial charge on any atom is 0.321 e. The second-order valence-electron chi connectivity index (χ2n) is 7.24. The van der Waals surface area contributed by atoms with Gasteiger partial charge < -0.3 is 9.88 Å². The van der Waals surface area contributed by atoms with Crippen molar-refractivity contribution >= 4 is 23.7 Å². The van der Waals surface area contributed by atoms with Crippen LogP contribution in [0.25, 0.3) is 0 Å². The van der Waals surface area contributed by atoms with E-state index >= 15 is 0 Å². The van der Waals surface area contributed by atoms with E-state index in [1.165, 1.54) is 18.2 Å². The third-order valence-electron chi connectivity index (χ3n) is 4.65. The predicted molar refractivity (Wildman–Crippen MR) is 96.7 cm³/mol. The van der Waals surface area contributed by atoms with Crippen LogP contribution >= 0.6 is 11.8 Å². The summed E-state index contributed by atoms with van der Waals surface area (Å²) in [6.07, 6.45) is 7.79. The highest BCUT2D eigenvalue weighted by Crippen LogP contribution is 2.40. The summed E-state index contributed by atoms with van der Waals surface area (Å²) in [5, 5.41) is 14.6. The number of urea groups is 1. The molecular weight excluding hydrogens is 338 g/mol. The van der Waals surface area contributed by atoms with Crippen LogP contribution < -0.4 is 10.6 Å². The fourth-order valence-electron chi connectivity index (χ4n) is 3.22. The Bertz CT molecular complexity index is 621. The van der Waals surface area contributed by atoms with Gasteiger partial charge in [-0.2, -0.15) is 0 Å². The molecule has 1 heterocycles. The molecule has 0 saturated heterocycles. The largest absolute Gasteiger partial charge is 0.335 e. The number of carbonyl (C=O) groups excluding carboxylic acids is 2. The number of nitrogens with zero attached hydrogens (tertiary/aromatic N) is 3. The predicted octanol–water partition coefficient (Wildman–Crippen LogP) is 2.99. The third-order valence-corrected chi connectivity index (χ3v) is 5.59. The van der Waals surface area contributed by atoms with E-state index in [9.17, 15) is 9.59 Å². The van der Waals surface area contributed by atoms with Crippen molar-refractivity contribution in [1.82, 2.24) is 25.4 Å². The number of imide groups is 1. The summed E-state index contributed by atoms with van der Waals surface area (Å²) in [6.45, 7) is 4.19. The van der Waals surface area contributed by atoms with Crippen molar-refractivity contribution < 1.29 is 9.59 Å². The standard InChI is InChI=1S/C17H27N5O2S/c1-11(2)15-20-21-17(22(15)13-8-9-13)25-10-14(23)19-16(24)18-12-6-4-3-5-7-12/h11-13H,3-10H2,1-2H3,(H2,18,19,23,24). The number of thioether (sulfide) groups is 1. The van der Waals surface area contributed by atoms with Gasteiger partial charge >= 0.3 is 6.03 Å². The molecule has 0 bridgehead atoms. The van der Waals surface area contributed by atoms with Crippen LogP contribution in [0.3, 0.4) is 0 Å². The molecule has 0 aromatic carbocycles. The van der Waals surface area contributed by atoms with Crippen molar-refractivity contribution in [1.29, 1.82) is 0 Å². The Labute approximate surface area is 152 Å². The number of rotatable bonds is 6. The molecule has 8 heteroatoms. The topological polar surface area (TPSA) is 88.9 Å². The Hall–Kier alpha value is -1.57. The number of nitrogens with one attached hydrogen (secondary N) is 2. The van der Waals surface area contributed by atoms with Gasteiger partial charge in [0.1, 0.15) is 5.82 Å². The van der Waals surface area contributed by atoms with E-state index in [1.807, 2.05) is 0 Å². The summed E-state index contributed by atoms with van der Waals surface area (Å²) >= 11 is 1.35. The second kappa shape index (κ2) is 8.21. The van der Waals surface area contributed by atoms with Crippen molar-refractivity contribution in [2.24, 2.45) is 0 Å². The van der Waals surface area contributed by atoms with E-state index in [1.54, 1.807) is 0 Å². The molecule has 0 radical (unpaired) electrons. The first-order valence-corrected chi connectivity index (χ1v) is 10.2. The maximum atomic E-state index is 12.1. The van der Waals surface area contributed by atoms with Gasteiger partial charge in [-0.15, -0.1) is 10.2 Å². The van der Waals surface area contributed by atoms with Crippen molar-refractivity contribution in [3.8, 4) is 0 Å². The van der Waals surface area contributed by atoms with E-state index in [0.717, 1.165) is 49.5 Å². The van der Waals surface area contributed by atoms with Crippen LogP contribution in [0.4, 0.5) is 4.79 Å². The minimum Gasteiger partial charge on any atom is -0.335 e. The summed E-state index contributed by atoms with van der Waals surface area (Å²) in [6, 6.07) is 0.275. The fourth-order valence-corrected chi connectivity index (χ4v) is 4.03. The Morgan fingerprint density at radius 3 is 2.52 bits per heavy atom. The maximum absolute atomic E-state index is 12.1. The van der Waals surface area contributed by atoms with Crippen molar-refractivity contribution in [2.75, 3.05) is 5.75 Å². The highest BCUT2D eigenvalue weighted by atomic mass is 32.2. The first kappa shape index (κ1) is 18.2. The lowest BCUT2D eigenvalue weighted by Crippen LogP contribution is -2.45. The molecule has 2 fully saturated rings. The Balaban J connectivity index is 1.48. The van der Waals surface area contributed by atoms with Gasteiger partial charge in [0.2, 0.25) is 5.91 Å². The first-order chi connectivity index (χ1) is 12.0. The highest BCUT2D eigenvalue weighted by molar-refractivity contribution is 7.99. The normalized spacial score (nSPS) is 18.4. The van der Waals surface area contributed by atoms with Crippen LogP contribution in [-0.4, -0.2) is 38.5 Å². The summed E-state index contributed by atoms with van der Waals surface area (Å²) in [7, 11) is 0. The zero-order valence-corrected chi connectivity index (χ0v) is 15.8. The molecule has 3 amide bonds. The monoisotopic (exact) mass is 365 g/mol. The van der Waals surface area contributed by atoms with Crippen molar-refractivity contribution in [3.05, 3.63) is 5.82 Å². The van der Waals surface area contributed by atoms with E-state index in [0.29, 0.717) is 12.0 Å². The SMILES string of the molecule is CC(C)c1nnc(SCC(=O)NC(=O)NC2CCCCC2)n1C1CC1. The van der Waals surface area contributed by atoms with Crippen LogP contribution in [0.2, 0.25) is 0 Å². The Morgan fingerprint density at radius 2 is 1.88 bits per heavy atom. The molecular formula is C17H27N5O2S. The zero-order valence-electron chi connectivity index (χ0n) is 15.0. The van der Waals surface area contributed by atoms with Gasteiger partial charge in [0.05, 0.1) is 5.75 Å². The number of aromatic nitrogens is 3. The van der Waals surface area contributed by atoms with Crippen LogP contribution in [0.15, 0.2) is 5.16 Å². The number of amides is 3. The van der Waals surface area contributed by atoms with E-state index in [4.69, 9.17) is 0 Å². The molecule has 2 aliphatic rings. The van der Waals surface area contributed by atoms with Crippen molar-refractivity contribution in [3.63, 3.8) is 0 Å². The Morgan fingerprint density at radius 1 is 1.16 bits per heavy atom. The summed E-state index contributed by atoms with van der Waals surface area (Å²) in [4.78, 5) is 24.0. The molecule has 2 N–H and O–H groups in total. The van der Waals surface area contributed by atoms with Gasteiger partial charge in [0, 0.05) is 18.0 Å². The molecule has 138 valence electrons. The lowest BCUT2D eigenvalue weighted by atomic mass is 9.96. The molecule has 2 saturated carbocycles. The van der Waals surface area contributed by atoms with Crippen LogP contribution in [-0.2, 0) is 4.79 Å². The average Bonchev–Trinajstić information content (AvgIpc) is 3.32. The fraction of sp³-hybridized carbons (Fsp3) is 0.765. The van der Waals surface area contributed by atoms with Crippen molar-refractivity contribution in [2.45, 2.75) is 82.0 Å². The molecule has 1 aromatic heterocycles. The molecule has 7 nitrogen and oxygen atoms in total. The molecule has 0 atom stereocenters. The summed E-state index contributed by atoms with van der Waals surface area (Å²) in [5.41, 5.74) is 0. The number of hydrogen-bond donors (Lipinski definition) is 2. The van der Waals surface area contributed by atoms with E-state index in [-0.39, 0.29) is 23.7 Å². The lowest BCUT2D eigenvalue weighted by molar-refractivity contribution is -0.117. The number of hydrogen-bond acceptors (Lipinski definition) is 5. The second-order valence-corrected chi connectivity index (χ2v) is 8.18. The quantitative estimate of drug-likeness (QED) is 0.757. The first-order valence-electron chi connectivity index (χ1n) is 9.22. The van der Waals surface area contributed by atoms with E-state index in [2.05, 4.69) is 39.2 Å². The third kappa shape index (κ3) is 4.96. The molecule has 25 heavy (non-hydrogen) atoms. The van der Waals surface area contributed by atoms with Gasteiger partial charge in [-0.05, 0) is 25.7 Å². The Kier molecular flexibility index (Phi) is 5.98. The summed E-state index contributed by atoms with van der Waals surface area (Å²) in [5.74, 6) is 1.15. The molecule has 3 rings (SSSR count). The van der Waals surface area contributed by atoms with Gasteiger partial charge in [-0.1, -0.05) is 44.9 Å². The van der Waals surface area contributed by atoms with Gasteiger partial charge in [0.15, 0.2) is 5.16 Å². The minimum atomic E-state index is -0.385. The molecule has 0 spiro atoms. The number of carbonyl (C=O) groups is 2. The smallest absolute Gasteiger partial charge is 0.321 e. The lowest BCUT2D eigenvalue weighted by Gasteiger charge is -2.22. The van der Waals surface area contributed by atoms with Gasteiger partial charge in [0.25, 0.3) is 0 Å². The molecule has 2 aliphatic carbocycles. The van der Waals surface area contributed by atoms with Crippen LogP contribution in [0.1, 0.15) is 76.6 Å². The molecule has 0 unspecified atom stereocenters. The molecule has 0 aliphatic heterocycles. The highest BCUT2D eigenvalue weighted by Gasteiger charge is 2.30. The summed E-state index contributed by atoms with van der Waals surface area (Å²) < 4.78 is 2.16. The average molecular weight is 366 g/mol. The zero-order chi connectivity index (χ0) is 17.8. The molecule has 1 aromatic rings. The minimum absolute atomic E-state index is 0.168.